The lowest BCUT2D eigenvalue weighted by Crippen LogP contribution is -2.32. The van der Waals surface area contributed by atoms with Gasteiger partial charge in [0.1, 0.15) is 0 Å². The van der Waals surface area contributed by atoms with Crippen LogP contribution in [0.15, 0.2) is 0 Å². The van der Waals surface area contributed by atoms with Crippen LogP contribution in [0.4, 0.5) is 0 Å². The van der Waals surface area contributed by atoms with Crippen molar-refractivity contribution in [1.29, 1.82) is 0 Å². The van der Waals surface area contributed by atoms with Crippen molar-refractivity contribution in [1.82, 2.24) is 15.5 Å². The topological polar surface area (TPSA) is 44.4 Å². The first-order valence-electron chi connectivity index (χ1n) is 8.33. The minimum atomic E-state index is 0. The Morgan fingerprint density at radius 2 is 2.05 bits per heavy atom. The van der Waals surface area contributed by atoms with E-state index < -0.39 is 0 Å². The third-order valence-corrected chi connectivity index (χ3v) is 4.52. The second-order valence-electron chi connectivity index (χ2n) is 7.01. The highest BCUT2D eigenvalue weighted by molar-refractivity contribution is 5.85. The third-order valence-electron chi connectivity index (χ3n) is 4.52. The Morgan fingerprint density at radius 3 is 2.68 bits per heavy atom. The first kappa shape index (κ1) is 22.0. The molecule has 4 nitrogen and oxygen atoms in total. The smallest absolute Gasteiger partial charge is 0.220 e. The van der Waals surface area contributed by atoms with Crippen LogP contribution in [0.3, 0.4) is 0 Å². The van der Waals surface area contributed by atoms with E-state index in [1.54, 1.807) is 0 Å². The Morgan fingerprint density at radius 1 is 1.27 bits per heavy atom. The molecule has 1 amide bonds. The summed E-state index contributed by atoms with van der Waals surface area (Å²) in [5.41, 5.74) is 0. The lowest BCUT2D eigenvalue weighted by atomic mass is 10.0. The molecule has 0 radical (unpaired) electrons. The zero-order chi connectivity index (χ0) is 14.4. The highest BCUT2D eigenvalue weighted by Crippen LogP contribution is 2.17. The minimum absolute atomic E-state index is 0. The molecule has 0 bridgehead atoms. The van der Waals surface area contributed by atoms with Crippen LogP contribution in [0, 0.1) is 17.8 Å². The largest absolute Gasteiger partial charge is 0.356 e. The van der Waals surface area contributed by atoms with Crippen molar-refractivity contribution in [3.8, 4) is 0 Å². The molecule has 2 aliphatic heterocycles. The molecule has 0 aromatic rings. The van der Waals surface area contributed by atoms with E-state index in [4.69, 9.17) is 0 Å². The van der Waals surface area contributed by atoms with E-state index in [2.05, 4.69) is 29.4 Å². The van der Waals surface area contributed by atoms with Gasteiger partial charge in [0.05, 0.1) is 0 Å². The molecule has 6 heteroatoms. The molecule has 0 aromatic heterocycles. The van der Waals surface area contributed by atoms with Gasteiger partial charge in [-0.05, 0) is 56.7 Å². The van der Waals surface area contributed by atoms with E-state index >= 15 is 0 Å². The Labute approximate surface area is 148 Å². The van der Waals surface area contributed by atoms with Crippen LogP contribution in [0.25, 0.3) is 0 Å². The monoisotopic (exact) mass is 353 g/mol. The molecule has 132 valence electrons. The van der Waals surface area contributed by atoms with Gasteiger partial charge in [-0.25, -0.2) is 0 Å². The number of hydrogen-bond acceptors (Lipinski definition) is 3. The summed E-state index contributed by atoms with van der Waals surface area (Å²) in [6, 6.07) is 0. The Hall–Kier alpha value is -0.0300. The normalized spacial score (nSPS) is 24.9. The summed E-state index contributed by atoms with van der Waals surface area (Å²) in [7, 11) is 0. The molecule has 0 aliphatic carbocycles. The van der Waals surface area contributed by atoms with Crippen LogP contribution in [-0.2, 0) is 4.79 Å². The number of nitrogens with zero attached hydrogens (tertiary/aromatic N) is 1. The van der Waals surface area contributed by atoms with Crippen molar-refractivity contribution in [2.45, 2.75) is 39.5 Å². The van der Waals surface area contributed by atoms with Crippen LogP contribution in [0.5, 0.6) is 0 Å². The Bertz CT molecular complexity index is 310. The first-order valence-corrected chi connectivity index (χ1v) is 8.33. The zero-order valence-corrected chi connectivity index (χ0v) is 15.6. The fourth-order valence-corrected chi connectivity index (χ4v) is 3.40. The maximum Gasteiger partial charge on any atom is 0.220 e. The minimum Gasteiger partial charge on any atom is -0.356 e. The number of likely N-dealkylation sites (tertiary alicyclic amines) is 1. The predicted molar refractivity (Wildman–Crippen MR) is 97.1 cm³/mol. The molecule has 22 heavy (non-hydrogen) atoms. The number of amides is 1. The Balaban J connectivity index is 0.00000220. The van der Waals surface area contributed by atoms with Gasteiger partial charge in [0, 0.05) is 26.1 Å². The van der Waals surface area contributed by atoms with Gasteiger partial charge in [0.25, 0.3) is 0 Å². The van der Waals surface area contributed by atoms with Crippen molar-refractivity contribution >= 4 is 30.7 Å². The first-order chi connectivity index (χ1) is 9.63. The zero-order valence-electron chi connectivity index (χ0n) is 14.0. The van der Waals surface area contributed by atoms with Crippen molar-refractivity contribution < 1.29 is 4.79 Å². The van der Waals surface area contributed by atoms with Crippen molar-refractivity contribution in [3.63, 3.8) is 0 Å². The lowest BCUT2D eigenvalue weighted by Gasteiger charge is -2.18. The standard InChI is InChI=1S/C16H31N3O.2ClH/c1-13(2)11-19-8-6-15(12-19)10-18-16(20)4-3-14-5-7-17-9-14;;/h13-15,17H,3-12H2,1-2H3,(H,18,20);2*1H. The molecule has 2 heterocycles. The highest BCUT2D eigenvalue weighted by atomic mass is 35.5. The maximum absolute atomic E-state index is 11.9. The van der Waals surface area contributed by atoms with E-state index in [0.717, 1.165) is 38.5 Å². The fraction of sp³-hybridized carbons (Fsp3) is 0.938. The van der Waals surface area contributed by atoms with E-state index in [-0.39, 0.29) is 30.7 Å². The number of nitrogens with one attached hydrogen (secondary N) is 2. The summed E-state index contributed by atoms with van der Waals surface area (Å²) < 4.78 is 0. The number of carbonyl (C=O) groups is 1. The molecule has 0 aromatic carbocycles. The van der Waals surface area contributed by atoms with Crippen LogP contribution >= 0.6 is 24.8 Å². The molecule has 2 N–H and O–H groups in total. The fourth-order valence-electron chi connectivity index (χ4n) is 3.40. The van der Waals surface area contributed by atoms with Gasteiger partial charge in [0.15, 0.2) is 0 Å². The average Bonchev–Trinajstić information content (AvgIpc) is 3.04. The summed E-state index contributed by atoms with van der Waals surface area (Å²) in [4.78, 5) is 14.4. The molecule has 2 atom stereocenters. The number of hydrogen-bond donors (Lipinski definition) is 2. The molecule has 0 spiro atoms. The van der Waals surface area contributed by atoms with E-state index in [9.17, 15) is 4.79 Å². The van der Waals surface area contributed by atoms with Gasteiger partial charge in [-0.3, -0.25) is 4.79 Å². The third kappa shape index (κ3) is 8.00. The van der Waals surface area contributed by atoms with Crippen molar-refractivity contribution in [3.05, 3.63) is 0 Å². The SMILES string of the molecule is CC(C)CN1CCC(CNC(=O)CCC2CCNC2)C1.Cl.Cl. The van der Waals surface area contributed by atoms with Gasteiger partial charge < -0.3 is 15.5 Å². The summed E-state index contributed by atoms with van der Waals surface area (Å²) >= 11 is 0. The van der Waals surface area contributed by atoms with Crippen LogP contribution in [0.1, 0.15) is 39.5 Å². The number of carbonyl (C=O) groups excluding carboxylic acids is 1. The molecular weight excluding hydrogens is 321 g/mol. The van der Waals surface area contributed by atoms with Crippen LogP contribution < -0.4 is 10.6 Å². The van der Waals surface area contributed by atoms with Crippen LogP contribution in [-0.4, -0.2) is 50.1 Å². The van der Waals surface area contributed by atoms with E-state index in [0.29, 0.717) is 18.3 Å². The van der Waals surface area contributed by atoms with E-state index in [1.165, 1.54) is 25.9 Å². The van der Waals surface area contributed by atoms with Crippen molar-refractivity contribution in [2.75, 3.05) is 39.3 Å². The molecular formula is C16H33Cl2N3O. The quantitative estimate of drug-likeness (QED) is 0.738. The summed E-state index contributed by atoms with van der Waals surface area (Å²) in [5.74, 6) is 2.36. The Kier molecular flexibility index (Phi) is 11.5. The molecule has 0 saturated carbocycles. The highest BCUT2D eigenvalue weighted by Gasteiger charge is 2.23. The molecule has 2 rings (SSSR count). The number of halogens is 2. The van der Waals surface area contributed by atoms with Gasteiger partial charge in [-0.15, -0.1) is 24.8 Å². The summed E-state index contributed by atoms with van der Waals surface area (Å²) in [6.45, 7) is 11.2. The van der Waals surface area contributed by atoms with Crippen molar-refractivity contribution in [2.24, 2.45) is 17.8 Å². The van der Waals surface area contributed by atoms with Gasteiger partial charge in [-0.2, -0.15) is 0 Å². The number of rotatable bonds is 7. The second-order valence-corrected chi connectivity index (χ2v) is 7.01. The average molecular weight is 354 g/mol. The predicted octanol–water partition coefficient (Wildman–Crippen LogP) is 2.31. The molecule has 2 saturated heterocycles. The van der Waals surface area contributed by atoms with Crippen LogP contribution in [0.2, 0.25) is 0 Å². The second kappa shape index (κ2) is 11.5. The maximum atomic E-state index is 11.9. The van der Waals surface area contributed by atoms with Gasteiger partial charge in [0.2, 0.25) is 5.91 Å². The summed E-state index contributed by atoms with van der Waals surface area (Å²) in [5, 5.41) is 6.49. The molecule has 2 fully saturated rings. The molecule has 2 aliphatic rings. The van der Waals surface area contributed by atoms with E-state index in [1.807, 2.05) is 0 Å². The summed E-state index contributed by atoms with van der Waals surface area (Å²) in [6.07, 6.45) is 4.22. The van der Waals surface area contributed by atoms with Gasteiger partial charge in [-0.1, -0.05) is 13.8 Å². The lowest BCUT2D eigenvalue weighted by molar-refractivity contribution is -0.121. The van der Waals surface area contributed by atoms with Gasteiger partial charge >= 0.3 is 0 Å². The molecule has 2 unspecified atom stereocenters.